The van der Waals surface area contributed by atoms with E-state index in [1.54, 1.807) is 12.1 Å². The molecule has 2 rings (SSSR count). The second kappa shape index (κ2) is 6.59. The highest BCUT2D eigenvalue weighted by molar-refractivity contribution is 9.10. The van der Waals surface area contributed by atoms with Crippen molar-refractivity contribution >= 4 is 21.8 Å². The number of carbonyl (C=O) groups is 1. The highest BCUT2D eigenvalue weighted by Gasteiger charge is 2.27. The molecule has 0 bridgehead atoms. The van der Waals surface area contributed by atoms with E-state index in [2.05, 4.69) is 26.6 Å². The van der Waals surface area contributed by atoms with Crippen LogP contribution in [0.5, 0.6) is 5.75 Å². The molecule has 5 heteroatoms. The molecule has 0 aliphatic heterocycles. The molecule has 0 radical (unpaired) electrons. The van der Waals surface area contributed by atoms with Gasteiger partial charge in [0.1, 0.15) is 5.75 Å². The molecule has 1 aliphatic rings. The van der Waals surface area contributed by atoms with Crippen molar-refractivity contribution in [2.45, 2.75) is 51.2 Å². The molecular weight excluding hydrogens is 320 g/mol. The number of hydrogen-bond acceptors (Lipinski definition) is 3. The van der Waals surface area contributed by atoms with Crippen LogP contribution in [0.1, 0.15) is 44.7 Å². The van der Waals surface area contributed by atoms with E-state index >= 15 is 0 Å². The maximum Gasteiger partial charge on any atom is 0.237 e. The molecule has 0 aromatic heterocycles. The Kier molecular flexibility index (Phi) is 5.05. The zero-order chi connectivity index (χ0) is 14.7. The number of phenolic OH excluding ortho intramolecular Hbond substituents is 1. The number of benzene rings is 1. The van der Waals surface area contributed by atoms with Crippen LogP contribution in [0.15, 0.2) is 22.7 Å². The Labute approximate surface area is 128 Å². The summed E-state index contributed by atoms with van der Waals surface area (Å²) in [4.78, 5) is 12.0. The van der Waals surface area contributed by atoms with Crippen molar-refractivity contribution in [1.82, 2.24) is 10.6 Å². The van der Waals surface area contributed by atoms with Gasteiger partial charge < -0.3 is 10.4 Å². The van der Waals surface area contributed by atoms with Crippen LogP contribution in [0.3, 0.4) is 0 Å². The summed E-state index contributed by atoms with van der Waals surface area (Å²) in [5.41, 5.74) is 0.813. The molecule has 1 amide bonds. The molecular formula is C15H21BrN2O2. The van der Waals surface area contributed by atoms with Gasteiger partial charge in [-0.2, -0.15) is 0 Å². The minimum absolute atomic E-state index is 0.0282. The average molecular weight is 341 g/mol. The maximum absolute atomic E-state index is 12.0. The smallest absolute Gasteiger partial charge is 0.237 e. The topological polar surface area (TPSA) is 61.4 Å². The maximum atomic E-state index is 12.0. The largest absolute Gasteiger partial charge is 0.508 e. The first-order valence-electron chi connectivity index (χ1n) is 7.06. The van der Waals surface area contributed by atoms with Crippen LogP contribution in [0.4, 0.5) is 0 Å². The zero-order valence-electron chi connectivity index (χ0n) is 11.8. The molecule has 110 valence electrons. The van der Waals surface area contributed by atoms with Crippen LogP contribution in [0, 0.1) is 0 Å². The van der Waals surface area contributed by atoms with Crippen LogP contribution in [-0.4, -0.2) is 23.1 Å². The second-order valence-corrected chi connectivity index (χ2v) is 6.25. The van der Waals surface area contributed by atoms with E-state index in [9.17, 15) is 9.90 Å². The van der Waals surface area contributed by atoms with Gasteiger partial charge in [-0.3, -0.25) is 10.1 Å². The van der Waals surface area contributed by atoms with Crippen molar-refractivity contribution in [2.24, 2.45) is 0 Å². The van der Waals surface area contributed by atoms with E-state index in [0.717, 1.165) is 29.3 Å². The quantitative estimate of drug-likeness (QED) is 0.746. The Morgan fingerprint density at radius 3 is 2.80 bits per heavy atom. The van der Waals surface area contributed by atoms with Gasteiger partial charge in [0.15, 0.2) is 0 Å². The Morgan fingerprint density at radius 2 is 2.20 bits per heavy atom. The van der Waals surface area contributed by atoms with Crippen LogP contribution < -0.4 is 10.6 Å². The molecule has 0 heterocycles. The highest BCUT2D eigenvalue weighted by atomic mass is 79.9. The third-order valence-electron chi connectivity index (χ3n) is 3.54. The molecule has 3 N–H and O–H groups in total. The number of rotatable bonds is 6. The molecule has 0 saturated heterocycles. The van der Waals surface area contributed by atoms with Gasteiger partial charge in [0.05, 0.1) is 6.04 Å². The zero-order valence-corrected chi connectivity index (χ0v) is 13.4. The summed E-state index contributed by atoms with van der Waals surface area (Å²) in [6, 6.07) is 5.40. The van der Waals surface area contributed by atoms with Crippen molar-refractivity contribution < 1.29 is 9.90 Å². The molecule has 1 aromatic rings. The van der Waals surface area contributed by atoms with Crippen molar-refractivity contribution in [3.63, 3.8) is 0 Å². The predicted octanol–water partition coefficient (Wildman–Crippen LogP) is 2.86. The number of amides is 1. The molecule has 1 aliphatic carbocycles. The Bertz CT molecular complexity index is 489. The lowest BCUT2D eigenvalue weighted by Gasteiger charge is -2.23. The summed E-state index contributed by atoms with van der Waals surface area (Å²) in [7, 11) is 0. The van der Waals surface area contributed by atoms with Crippen molar-refractivity contribution in [1.29, 1.82) is 0 Å². The molecule has 1 fully saturated rings. The van der Waals surface area contributed by atoms with Gasteiger partial charge in [-0.1, -0.05) is 22.9 Å². The van der Waals surface area contributed by atoms with Gasteiger partial charge in [0.25, 0.3) is 0 Å². The fourth-order valence-corrected chi connectivity index (χ4v) is 2.54. The van der Waals surface area contributed by atoms with Gasteiger partial charge in [0, 0.05) is 22.1 Å². The van der Waals surface area contributed by atoms with Gasteiger partial charge in [-0.05, 0) is 44.4 Å². The molecule has 4 nitrogen and oxygen atoms in total. The fourth-order valence-electron chi connectivity index (χ4n) is 2.16. The highest BCUT2D eigenvalue weighted by Crippen LogP contribution is 2.29. The van der Waals surface area contributed by atoms with E-state index in [-0.39, 0.29) is 23.7 Å². The van der Waals surface area contributed by atoms with Crippen molar-refractivity contribution in [3.05, 3.63) is 28.2 Å². The molecule has 0 spiro atoms. The lowest BCUT2D eigenvalue weighted by molar-refractivity contribution is -0.123. The van der Waals surface area contributed by atoms with Crippen LogP contribution in [0.2, 0.25) is 0 Å². The molecule has 20 heavy (non-hydrogen) atoms. The van der Waals surface area contributed by atoms with Gasteiger partial charge in [-0.15, -0.1) is 0 Å². The molecule has 2 atom stereocenters. The summed E-state index contributed by atoms with van der Waals surface area (Å²) in [6.45, 7) is 3.89. The van der Waals surface area contributed by atoms with Gasteiger partial charge >= 0.3 is 0 Å². The van der Waals surface area contributed by atoms with Crippen LogP contribution >= 0.6 is 15.9 Å². The van der Waals surface area contributed by atoms with E-state index in [1.165, 1.54) is 0 Å². The first-order chi connectivity index (χ1) is 9.51. The average Bonchev–Trinajstić information content (AvgIpc) is 3.22. The third-order valence-corrected chi connectivity index (χ3v) is 4.03. The summed E-state index contributed by atoms with van der Waals surface area (Å²) in [6.07, 6.45) is 2.97. The summed E-state index contributed by atoms with van der Waals surface area (Å²) in [5, 5.41) is 16.3. The number of aromatic hydroxyl groups is 1. The van der Waals surface area contributed by atoms with E-state index in [4.69, 9.17) is 0 Å². The Hall–Kier alpha value is -1.07. The number of hydrogen-bond donors (Lipinski definition) is 3. The number of carbonyl (C=O) groups excluding carboxylic acids is 1. The lowest BCUT2D eigenvalue weighted by Crippen LogP contribution is -2.44. The molecule has 1 aromatic carbocycles. The minimum atomic E-state index is -0.279. The summed E-state index contributed by atoms with van der Waals surface area (Å²) < 4.78 is 0.917. The standard InChI is InChI=1S/C15H21BrN2O2/c1-3-13(12-8-10(16)4-7-14(12)19)17-9(2)15(20)18-11-5-6-11/h4,7-9,11,13,17,19H,3,5-6H2,1-2H3,(H,18,20). The number of nitrogens with one attached hydrogen (secondary N) is 2. The lowest BCUT2D eigenvalue weighted by atomic mass is 10.0. The van der Waals surface area contributed by atoms with Gasteiger partial charge in [-0.25, -0.2) is 0 Å². The van der Waals surface area contributed by atoms with Crippen LogP contribution in [0.25, 0.3) is 0 Å². The van der Waals surface area contributed by atoms with E-state index in [0.29, 0.717) is 6.04 Å². The first-order valence-corrected chi connectivity index (χ1v) is 7.85. The second-order valence-electron chi connectivity index (χ2n) is 5.34. The Morgan fingerprint density at radius 1 is 1.50 bits per heavy atom. The SMILES string of the molecule is CCC(NC(C)C(=O)NC1CC1)c1cc(Br)ccc1O. The van der Waals surface area contributed by atoms with Crippen molar-refractivity contribution in [2.75, 3.05) is 0 Å². The fraction of sp³-hybridized carbons (Fsp3) is 0.533. The normalized spacial score (nSPS) is 17.6. The third kappa shape index (κ3) is 3.96. The van der Waals surface area contributed by atoms with E-state index in [1.807, 2.05) is 19.9 Å². The van der Waals surface area contributed by atoms with Gasteiger partial charge in [0.2, 0.25) is 5.91 Å². The monoisotopic (exact) mass is 340 g/mol. The van der Waals surface area contributed by atoms with Crippen molar-refractivity contribution in [3.8, 4) is 5.75 Å². The predicted molar refractivity (Wildman–Crippen MR) is 82.6 cm³/mol. The van der Waals surface area contributed by atoms with Crippen LogP contribution in [-0.2, 0) is 4.79 Å². The summed E-state index contributed by atoms with van der Waals surface area (Å²) in [5.74, 6) is 0.280. The van der Waals surface area contributed by atoms with E-state index < -0.39 is 0 Å². The number of phenols is 1. The molecule has 2 unspecified atom stereocenters. The first kappa shape index (κ1) is 15.3. The Balaban J connectivity index is 2.03. The number of halogens is 1. The summed E-state index contributed by atoms with van der Waals surface area (Å²) >= 11 is 3.41. The molecule has 1 saturated carbocycles. The minimum Gasteiger partial charge on any atom is -0.508 e.